The molecule has 106 valence electrons. The molecule has 2 unspecified atom stereocenters. The molecule has 2 aromatic rings. The van der Waals surface area contributed by atoms with Crippen molar-refractivity contribution in [3.63, 3.8) is 0 Å². The molecule has 0 saturated carbocycles. The minimum absolute atomic E-state index is 0.163. The Morgan fingerprint density at radius 1 is 1.20 bits per heavy atom. The van der Waals surface area contributed by atoms with Crippen LogP contribution in [0.2, 0.25) is 0 Å². The van der Waals surface area contributed by atoms with Crippen molar-refractivity contribution in [3.05, 3.63) is 65.7 Å². The van der Waals surface area contributed by atoms with Crippen LogP contribution in [0, 0.1) is 5.82 Å². The summed E-state index contributed by atoms with van der Waals surface area (Å²) in [6, 6.07) is 10.4. The lowest BCUT2D eigenvalue weighted by molar-refractivity contribution is 0.206. The first-order chi connectivity index (χ1) is 9.59. The molecule has 2 atom stereocenters. The highest BCUT2D eigenvalue weighted by atomic mass is 19.1. The van der Waals surface area contributed by atoms with E-state index in [1.54, 1.807) is 24.5 Å². The lowest BCUT2D eigenvalue weighted by Crippen LogP contribution is -2.37. The third-order valence-electron chi connectivity index (χ3n) is 3.38. The Morgan fingerprint density at radius 2 is 1.85 bits per heavy atom. The van der Waals surface area contributed by atoms with Gasteiger partial charge in [-0.05, 0) is 37.7 Å². The molecule has 1 heterocycles. The summed E-state index contributed by atoms with van der Waals surface area (Å²) in [5, 5.41) is 0. The number of pyridine rings is 1. The van der Waals surface area contributed by atoms with Crippen molar-refractivity contribution in [2.75, 3.05) is 7.05 Å². The summed E-state index contributed by atoms with van der Waals surface area (Å²) in [7, 11) is 1.96. The van der Waals surface area contributed by atoms with Gasteiger partial charge >= 0.3 is 0 Å². The second-order valence-corrected chi connectivity index (χ2v) is 5.10. The average Bonchev–Trinajstić information content (AvgIpc) is 2.42. The summed E-state index contributed by atoms with van der Waals surface area (Å²) in [4.78, 5) is 6.07. The van der Waals surface area contributed by atoms with Crippen molar-refractivity contribution in [3.8, 4) is 0 Å². The van der Waals surface area contributed by atoms with Crippen LogP contribution >= 0.6 is 0 Å². The van der Waals surface area contributed by atoms with E-state index in [0.717, 1.165) is 5.56 Å². The highest BCUT2D eigenvalue weighted by molar-refractivity contribution is 5.23. The molecule has 1 aromatic carbocycles. The fourth-order valence-electron chi connectivity index (χ4n) is 2.51. The normalized spacial score (nSPS) is 14.2. The molecule has 0 spiro atoms. The van der Waals surface area contributed by atoms with Crippen LogP contribution in [-0.4, -0.2) is 23.0 Å². The lowest BCUT2D eigenvalue weighted by atomic mass is 9.98. The van der Waals surface area contributed by atoms with Gasteiger partial charge in [-0.15, -0.1) is 0 Å². The van der Waals surface area contributed by atoms with Crippen molar-refractivity contribution in [2.45, 2.75) is 25.6 Å². The molecule has 0 aliphatic rings. The zero-order valence-corrected chi connectivity index (χ0v) is 11.8. The predicted octanol–water partition coefficient (Wildman–Crippen LogP) is 2.74. The van der Waals surface area contributed by atoms with Crippen LogP contribution in [-0.2, 0) is 6.54 Å². The van der Waals surface area contributed by atoms with Gasteiger partial charge in [-0.2, -0.15) is 0 Å². The number of halogens is 1. The first-order valence-corrected chi connectivity index (χ1v) is 6.68. The highest BCUT2D eigenvalue weighted by Crippen LogP contribution is 2.26. The van der Waals surface area contributed by atoms with Gasteiger partial charge < -0.3 is 5.73 Å². The Balaban J connectivity index is 2.23. The van der Waals surface area contributed by atoms with Gasteiger partial charge in [-0.3, -0.25) is 9.88 Å². The molecule has 0 amide bonds. The van der Waals surface area contributed by atoms with Crippen molar-refractivity contribution in [1.82, 2.24) is 9.88 Å². The van der Waals surface area contributed by atoms with E-state index in [0.29, 0.717) is 12.1 Å². The molecule has 0 fully saturated rings. The van der Waals surface area contributed by atoms with Crippen LogP contribution in [0.5, 0.6) is 0 Å². The molecule has 0 aliphatic carbocycles. The number of aromatic nitrogens is 1. The van der Waals surface area contributed by atoms with Crippen LogP contribution in [0.25, 0.3) is 0 Å². The summed E-state index contributed by atoms with van der Waals surface area (Å²) >= 11 is 0. The molecular weight excluding hydrogens is 253 g/mol. The maximum atomic E-state index is 14.0. The molecule has 0 radical (unpaired) electrons. The third kappa shape index (κ3) is 3.40. The number of benzene rings is 1. The number of nitrogens with zero attached hydrogens (tertiary/aromatic N) is 2. The second kappa shape index (κ2) is 6.59. The van der Waals surface area contributed by atoms with E-state index in [4.69, 9.17) is 5.73 Å². The van der Waals surface area contributed by atoms with Crippen LogP contribution in [0.1, 0.15) is 24.1 Å². The predicted molar refractivity (Wildman–Crippen MR) is 78.5 cm³/mol. The van der Waals surface area contributed by atoms with Crippen molar-refractivity contribution >= 4 is 0 Å². The van der Waals surface area contributed by atoms with Crippen molar-refractivity contribution in [2.24, 2.45) is 5.73 Å². The maximum Gasteiger partial charge on any atom is 0.128 e. The van der Waals surface area contributed by atoms with Gasteiger partial charge in [-0.1, -0.05) is 18.2 Å². The van der Waals surface area contributed by atoms with Crippen molar-refractivity contribution < 1.29 is 4.39 Å². The molecular formula is C16H20FN3. The zero-order chi connectivity index (χ0) is 14.5. The molecule has 20 heavy (non-hydrogen) atoms. The minimum Gasteiger partial charge on any atom is -0.326 e. The van der Waals surface area contributed by atoms with Gasteiger partial charge in [0, 0.05) is 30.5 Å². The first-order valence-electron chi connectivity index (χ1n) is 6.68. The van der Waals surface area contributed by atoms with E-state index in [1.165, 1.54) is 6.07 Å². The highest BCUT2D eigenvalue weighted by Gasteiger charge is 2.23. The summed E-state index contributed by atoms with van der Waals surface area (Å²) < 4.78 is 14.0. The average molecular weight is 273 g/mol. The quantitative estimate of drug-likeness (QED) is 0.911. The summed E-state index contributed by atoms with van der Waals surface area (Å²) in [5.41, 5.74) is 7.84. The summed E-state index contributed by atoms with van der Waals surface area (Å²) in [5.74, 6) is -0.212. The van der Waals surface area contributed by atoms with E-state index in [1.807, 2.05) is 32.2 Å². The van der Waals surface area contributed by atoms with E-state index < -0.39 is 0 Å². The van der Waals surface area contributed by atoms with Gasteiger partial charge in [0.2, 0.25) is 0 Å². The Hall–Kier alpha value is -1.78. The Kier molecular flexibility index (Phi) is 4.82. The van der Waals surface area contributed by atoms with Crippen molar-refractivity contribution in [1.29, 1.82) is 0 Å². The molecule has 3 nitrogen and oxygen atoms in total. The van der Waals surface area contributed by atoms with Gasteiger partial charge in [0.1, 0.15) is 5.82 Å². The molecule has 1 aromatic heterocycles. The van der Waals surface area contributed by atoms with Gasteiger partial charge in [-0.25, -0.2) is 4.39 Å². The molecule has 4 heteroatoms. The monoisotopic (exact) mass is 273 g/mol. The van der Waals surface area contributed by atoms with Gasteiger partial charge in [0.25, 0.3) is 0 Å². The largest absolute Gasteiger partial charge is 0.326 e. The zero-order valence-electron chi connectivity index (χ0n) is 11.8. The number of rotatable bonds is 5. The minimum atomic E-state index is -0.212. The van der Waals surface area contributed by atoms with E-state index in [9.17, 15) is 4.39 Å². The number of hydrogen-bond acceptors (Lipinski definition) is 3. The van der Waals surface area contributed by atoms with Gasteiger partial charge in [0.05, 0.1) is 6.04 Å². The maximum absolute atomic E-state index is 14.0. The van der Waals surface area contributed by atoms with Crippen LogP contribution in [0.15, 0.2) is 48.8 Å². The topological polar surface area (TPSA) is 42.1 Å². The van der Waals surface area contributed by atoms with Crippen LogP contribution in [0.4, 0.5) is 4.39 Å². The Labute approximate surface area is 119 Å². The SMILES string of the molecule is CC(N)C(c1ccccc1F)N(C)Cc1ccncc1. The summed E-state index contributed by atoms with van der Waals surface area (Å²) in [6.07, 6.45) is 3.51. The standard InChI is InChI=1S/C16H20FN3/c1-12(18)16(14-5-3-4-6-15(14)17)20(2)11-13-7-9-19-10-8-13/h3-10,12,16H,11,18H2,1-2H3. The second-order valence-electron chi connectivity index (χ2n) is 5.10. The van der Waals surface area contributed by atoms with Crippen LogP contribution in [0.3, 0.4) is 0 Å². The smallest absolute Gasteiger partial charge is 0.128 e. The van der Waals surface area contributed by atoms with E-state index in [2.05, 4.69) is 9.88 Å². The van der Waals surface area contributed by atoms with Crippen LogP contribution < -0.4 is 5.73 Å². The third-order valence-corrected chi connectivity index (χ3v) is 3.38. The van der Waals surface area contributed by atoms with E-state index in [-0.39, 0.29) is 17.9 Å². The number of likely N-dealkylation sites (N-methyl/N-ethyl adjacent to an activating group) is 1. The fourth-order valence-corrected chi connectivity index (χ4v) is 2.51. The Morgan fingerprint density at radius 3 is 2.45 bits per heavy atom. The lowest BCUT2D eigenvalue weighted by Gasteiger charge is -2.31. The molecule has 0 aliphatic heterocycles. The summed E-state index contributed by atoms with van der Waals surface area (Å²) in [6.45, 7) is 2.60. The number of nitrogens with two attached hydrogens (primary N) is 1. The number of hydrogen-bond donors (Lipinski definition) is 1. The molecule has 2 N–H and O–H groups in total. The first kappa shape index (κ1) is 14.6. The molecule has 2 rings (SSSR count). The Bertz CT molecular complexity index is 542. The van der Waals surface area contributed by atoms with Gasteiger partial charge in [0.15, 0.2) is 0 Å². The fraction of sp³-hybridized carbons (Fsp3) is 0.312. The molecule has 0 saturated heterocycles. The molecule has 0 bridgehead atoms. The van der Waals surface area contributed by atoms with E-state index >= 15 is 0 Å².